The molecule has 26 heavy (non-hydrogen) atoms. The molecule has 0 unspecified atom stereocenters. The van der Waals surface area contributed by atoms with Crippen LogP contribution in [0.1, 0.15) is 45.5 Å². The lowest BCUT2D eigenvalue weighted by molar-refractivity contribution is 0.0795. The highest BCUT2D eigenvalue weighted by Gasteiger charge is 2.22. The first-order valence-electron chi connectivity index (χ1n) is 8.87. The zero-order valence-electron chi connectivity index (χ0n) is 14.8. The van der Waals surface area contributed by atoms with E-state index in [-0.39, 0.29) is 23.4 Å². The summed E-state index contributed by atoms with van der Waals surface area (Å²) in [5.41, 5.74) is 0.926. The molecule has 1 saturated carbocycles. The molecule has 1 aliphatic carbocycles. The van der Waals surface area contributed by atoms with E-state index >= 15 is 0 Å². The van der Waals surface area contributed by atoms with E-state index in [0.717, 1.165) is 24.8 Å². The maximum absolute atomic E-state index is 12.6. The molecule has 136 valence electrons. The molecule has 6 nitrogen and oxygen atoms in total. The number of carbonyl (C=O) groups excluding carboxylic acids is 2. The Morgan fingerprint density at radius 1 is 1.23 bits per heavy atom. The van der Waals surface area contributed by atoms with E-state index in [4.69, 9.17) is 0 Å². The molecule has 1 heterocycles. The highest BCUT2D eigenvalue weighted by atomic mass is 16.2. The summed E-state index contributed by atoms with van der Waals surface area (Å²) in [6.45, 7) is 0.487. The van der Waals surface area contributed by atoms with Gasteiger partial charge in [-0.2, -0.15) is 0 Å². The lowest BCUT2D eigenvalue weighted by atomic mass is 9.93. The second kappa shape index (κ2) is 7.99. The molecule has 1 aromatic carbocycles. The Bertz CT molecular complexity index is 841. The predicted molar refractivity (Wildman–Crippen MR) is 99.3 cm³/mol. The summed E-state index contributed by atoms with van der Waals surface area (Å²) in [5, 5.41) is 2.91. The van der Waals surface area contributed by atoms with Gasteiger partial charge in [0.1, 0.15) is 5.56 Å². The Morgan fingerprint density at radius 3 is 2.62 bits per heavy atom. The van der Waals surface area contributed by atoms with Gasteiger partial charge in [0.2, 0.25) is 0 Å². The average molecular weight is 353 g/mol. The third-order valence-corrected chi connectivity index (χ3v) is 4.76. The van der Waals surface area contributed by atoms with Crippen LogP contribution in [0.5, 0.6) is 0 Å². The van der Waals surface area contributed by atoms with Crippen LogP contribution in [-0.4, -0.2) is 41.3 Å². The molecule has 1 fully saturated rings. The summed E-state index contributed by atoms with van der Waals surface area (Å²) >= 11 is 0. The molecular weight excluding hydrogens is 330 g/mol. The van der Waals surface area contributed by atoms with Crippen molar-refractivity contribution >= 4 is 11.8 Å². The van der Waals surface area contributed by atoms with Crippen LogP contribution in [0.4, 0.5) is 0 Å². The van der Waals surface area contributed by atoms with Gasteiger partial charge in [-0.1, -0.05) is 30.3 Å². The van der Waals surface area contributed by atoms with Crippen LogP contribution in [0, 0.1) is 0 Å². The van der Waals surface area contributed by atoms with Crippen LogP contribution in [-0.2, 0) is 6.42 Å². The number of hydrogen-bond donors (Lipinski definition) is 2. The number of carbonyl (C=O) groups is 2. The number of rotatable bonds is 6. The molecule has 2 aromatic rings. The van der Waals surface area contributed by atoms with Crippen LogP contribution in [0.2, 0.25) is 0 Å². The van der Waals surface area contributed by atoms with Gasteiger partial charge < -0.3 is 15.2 Å². The smallest absolute Gasteiger partial charge is 0.260 e. The van der Waals surface area contributed by atoms with Crippen molar-refractivity contribution in [1.29, 1.82) is 0 Å². The summed E-state index contributed by atoms with van der Waals surface area (Å²) in [6, 6.07) is 11.4. The number of aromatic nitrogens is 1. The molecule has 6 heteroatoms. The van der Waals surface area contributed by atoms with Gasteiger partial charge in [-0.3, -0.25) is 14.4 Å². The predicted octanol–water partition coefficient (Wildman–Crippen LogP) is 1.97. The number of hydrogen-bond acceptors (Lipinski definition) is 3. The first-order valence-corrected chi connectivity index (χ1v) is 8.87. The van der Waals surface area contributed by atoms with E-state index < -0.39 is 5.56 Å². The van der Waals surface area contributed by atoms with E-state index in [1.54, 1.807) is 7.05 Å². The van der Waals surface area contributed by atoms with Crippen molar-refractivity contribution in [3.05, 3.63) is 69.6 Å². The molecule has 1 aromatic heterocycles. The number of H-pyrrole nitrogens is 1. The maximum atomic E-state index is 12.6. The summed E-state index contributed by atoms with van der Waals surface area (Å²) in [5.74, 6) is -0.646. The second-order valence-electron chi connectivity index (χ2n) is 6.69. The lowest BCUT2D eigenvalue weighted by Crippen LogP contribution is -2.40. The van der Waals surface area contributed by atoms with E-state index in [9.17, 15) is 14.4 Å². The highest BCUT2D eigenvalue weighted by Crippen LogP contribution is 2.18. The first-order chi connectivity index (χ1) is 12.5. The van der Waals surface area contributed by atoms with Gasteiger partial charge in [-0.05, 0) is 37.3 Å². The van der Waals surface area contributed by atoms with Gasteiger partial charge in [0.25, 0.3) is 17.4 Å². The Labute approximate surface area is 152 Å². The number of nitrogens with one attached hydrogen (secondary N) is 2. The fraction of sp³-hybridized carbons (Fsp3) is 0.350. The Morgan fingerprint density at radius 2 is 1.96 bits per heavy atom. The highest BCUT2D eigenvalue weighted by molar-refractivity contribution is 5.99. The van der Waals surface area contributed by atoms with Crippen molar-refractivity contribution in [2.45, 2.75) is 31.7 Å². The fourth-order valence-electron chi connectivity index (χ4n) is 2.84. The third kappa shape index (κ3) is 4.20. The number of benzene rings is 1. The lowest BCUT2D eigenvalue weighted by Gasteiger charge is -2.26. The number of nitrogens with zero attached hydrogens (tertiary/aromatic N) is 1. The standard InChI is InChI=1S/C20H23N3O3/c1-23(11-10-14-6-3-2-4-7-14)20(26)17-12-15(13-21-19(17)25)18(24)22-16-8-5-9-16/h2-4,6-7,12-13,16H,5,8-11H2,1H3,(H,21,25)(H,22,24). The maximum Gasteiger partial charge on any atom is 0.260 e. The first kappa shape index (κ1) is 17.9. The molecule has 0 spiro atoms. The summed E-state index contributed by atoms with van der Waals surface area (Å²) in [4.78, 5) is 41.0. The minimum Gasteiger partial charge on any atom is -0.349 e. The average Bonchev–Trinajstić information content (AvgIpc) is 2.63. The van der Waals surface area contributed by atoms with E-state index in [0.29, 0.717) is 18.5 Å². The zero-order chi connectivity index (χ0) is 18.5. The van der Waals surface area contributed by atoms with Crippen molar-refractivity contribution in [2.75, 3.05) is 13.6 Å². The van der Waals surface area contributed by atoms with Crippen LogP contribution >= 0.6 is 0 Å². The molecule has 0 bridgehead atoms. The quantitative estimate of drug-likeness (QED) is 0.833. The van der Waals surface area contributed by atoms with Gasteiger partial charge in [0, 0.05) is 25.8 Å². The Hall–Kier alpha value is -2.89. The zero-order valence-corrected chi connectivity index (χ0v) is 14.8. The van der Waals surface area contributed by atoms with Crippen molar-refractivity contribution in [3.63, 3.8) is 0 Å². The number of aromatic amines is 1. The Balaban J connectivity index is 1.68. The van der Waals surface area contributed by atoms with Crippen molar-refractivity contribution in [1.82, 2.24) is 15.2 Å². The fourth-order valence-corrected chi connectivity index (χ4v) is 2.84. The molecule has 0 saturated heterocycles. The molecule has 3 rings (SSSR count). The minimum atomic E-state index is -0.484. The largest absolute Gasteiger partial charge is 0.349 e. The Kier molecular flexibility index (Phi) is 5.51. The minimum absolute atomic E-state index is 0.0122. The van der Waals surface area contributed by atoms with Crippen molar-refractivity contribution < 1.29 is 9.59 Å². The number of pyridine rings is 1. The van der Waals surface area contributed by atoms with E-state index in [2.05, 4.69) is 10.3 Å². The van der Waals surface area contributed by atoms with Gasteiger partial charge in [-0.25, -0.2) is 0 Å². The topological polar surface area (TPSA) is 82.3 Å². The molecule has 0 radical (unpaired) electrons. The molecule has 0 atom stereocenters. The van der Waals surface area contributed by atoms with E-state index in [1.807, 2.05) is 30.3 Å². The summed E-state index contributed by atoms with van der Waals surface area (Å²) in [6.07, 6.45) is 5.12. The number of amides is 2. The SMILES string of the molecule is CN(CCc1ccccc1)C(=O)c1cc(C(=O)NC2CCC2)c[nH]c1=O. The van der Waals surface area contributed by atoms with Crippen LogP contribution in [0.25, 0.3) is 0 Å². The molecule has 1 aliphatic rings. The van der Waals surface area contributed by atoms with Gasteiger partial charge >= 0.3 is 0 Å². The monoisotopic (exact) mass is 353 g/mol. The van der Waals surface area contributed by atoms with Crippen LogP contribution < -0.4 is 10.9 Å². The number of likely N-dealkylation sites (N-methyl/N-ethyl adjacent to an activating group) is 1. The molecule has 2 amide bonds. The van der Waals surface area contributed by atoms with Gasteiger partial charge in [0.15, 0.2) is 0 Å². The molecular formula is C20H23N3O3. The molecule has 2 N–H and O–H groups in total. The van der Waals surface area contributed by atoms with Crippen molar-refractivity contribution in [2.24, 2.45) is 0 Å². The van der Waals surface area contributed by atoms with Crippen molar-refractivity contribution in [3.8, 4) is 0 Å². The normalized spacial score (nSPS) is 13.7. The molecule has 0 aliphatic heterocycles. The van der Waals surface area contributed by atoms with Crippen LogP contribution in [0.3, 0.4) is 0 Å². The van der Waals surface area contributed by atoms with Gasteiger partial charge in [0.05, 0.1) is 5.56 Å². The summed E-state index contributed by atoms with van der Waals surface area (Å²) in [7, 11) is 1.66. The van der Waals surface area contributed by atoms with Gasteiger partial charge in [-0.15, -0.1) is 0 Å². The third-order valence-electron chi connectivity index (χ3n) is 4.76. The summed E-state index contributed by atoms with van der Waals surface area (Å²) < 4.78 is 0. The van der Waals surface area contributed by atoms with Crippen LogP contribution in [0.15, 0.2) is 47.4 Å². The second-order valence-corrected chi connectivity index (χ2v) is 6.69. The van der Waals surface area contributed by atoms with E-state index in [1.165, 1.54) is 17.2 Å².